The molecule has 1 heterocycles. The minimum Gasteiger partial charge on any atom is -0.296 e. The summed E-state index contributed by atoms with van der Waals surface area (Å²) >= 11 is 0. The average Bonchev–Trinajstić information content (AvgIpc) is 2.46. The summed E-state index contributed by atoms with van der Waals surface area (Å²) in [5, 5.41) is 0. The summed E-state index contributed by atoms with van der Waals surface area (Å²) in [6.07, 6.45) is 0. The topological polar surface area (TPSA) is 6.48 Å². The van der Waals surface area contributed by atoms with Gasteiger partial charge in [0.05, 0.1) is 0 Å². The van der Waals surface area contributed by atoms with Crippen LogP contribution in [0.25, 0.3) is 0 Å². The SMILES string of the molecule is CC(C)c1cccc([C@H](C)N2CCN(C(C)C)[C@H](C)C2)c1. The molecule has 0 unspecified atom stereocenters. The summed E-state index contributed by atoms with van der Waals surface area (Å²) in [6, 6.07) is 11.0. The molecule has 2 rings (SSSR count). The van der Waals surface area contributed by atoms with Crippen molar-refractivity contribution in [3.63, 3.8) is 0 Å². The van der Waals surface area contributed by atoms with Gasteiger partial charge in [0.2, 0.25) is 0 Å². The van der Waals surface area contributed by atoms with Crippen LogP contribution in [0.3, 0.4) is 0 Å². The van der Waals surface area contributed by atoms with Crippen molar-refractivity contribution in [1.82, 2.24) is 9.80 Å². The Kier molecular flexibility index (Phi) is 5.45. The molecule has 0 saturated carbocycles. The van der Waals surface area contributed by atoms with Crippen LogP contribution in [0.2, 0.25) is 0 Å². The van der Waals surface area contributed by atoms with E-state index in [2.05, 4.69) is 75.6 Å². The molecule has 0 aliphatic carbocycles. The zero-order valence-corrected chi connectivity index (χ0v) is 14.6. The van der Waals surface area contributed by atoms with Crippen LogP contribution in [0, 0.1) is 0 Å². The Hall–Kier alpha value is -0.860. The maximum Gasteiger partial charge on any atom is 0.0321 e. The van der Waals surface area contributed by atoms with E-state index in [-0.39, 0.29) is 0 Å². The van der Waals surface area contributed by atoms with E-state index in [9.17, 15) is 0 Å². The van der Waals surface area contributed by atoms with E-state index in [0.29, 0.717) is 24.0 Å². The van der Waals surface area contributed by atoms with Gasteiger partial charge in [-0.15, -0.1) is 0 Å². The Morgan fingerprint density at radius 2 is 1.67 bits per heavy atom. The van der Waals surface area contributed by atoms with Crippen LogP contribution in [-0.2, 0) is 0 Å². The van der Waals surface area contributed by atoms with E-state index in [1.165, 1.54) is 30.8 Å². The van der Waals surface area contributed by atoms with Gasteiger partial charge in [0, 0.05) is 37.8 Å². The van der Waals surface area contributed by atoms with Crippen LogP contribution < -0.4 is 0 Å². The lowest BCUT2D eigenvalue weighted by atomic mass is 9.97. The van der Waals surface area contributed by atoms with Gasteiger partial charge >= 0.3 is 0 Å². The molecule has 1 aliphatic rings. The number of benzene rings is 1. The van der Waals surface area contributed by atoms with Gasteiger partial charge in [-0.2, -0.15) is 0 Å². The van der Waals surface area contributed by atoms with Crippen molar-refractivity contribution in [1.29, 1.82) is 0 Å². The van der Waals surface area contributed by atoms with Gasteiger partial charge in [-0.25, -0.2) is 0 Å². The Morgan fingerprint density at radius 1 is 1.00 bits per heavy atom. The van der Waals surface area contributed by atoms with Crippen LogP contribution in [0.4, 0.5) is 0 Å². The number of rotatable bonds is 4. The number of piperazine rings is 1. The summed E-state index contributed by atoms with van der Waals surface area (Å²) in [5.74, 6) is 0.605. The molecule has 0 spiro atoms. The predicted molar refractivity (Wildman–Crippen MR) is 91.8 cm³/mol. The smallest absolute Gasteiger partial charge is 0.0321 e. The molecule has 2 atom stereocenters. The Morgan fingerprint density at radius 3 is 2.24 bits per heavy atom. The highest BCUT2D eigenvalue weighted by molar-refractivity contribution is 5.28. The zero-order chi connectivity index (χ0) is 15.6. The van der Waals surface area contributed by atoms with Gasteiger partial charge in [0.25, 0.3) is 0 Å². The van der Waals surface area contributed by atoms with Crippen molar-refractivity contribution in [3.05, 3.63) is 35.4 Å². The predicted octanol–water partition coefficient (Wildman–Crippen LogP) is 4.29. The summed E-state index contributed by atoms with van der Waals surface area (Å²) in [4.78, 5) is 5.26. The lowest BCUT2D eigenvalue weighted by Crippen LogP contribution is -2.54. The van der Waals surface area contributed by atoms with Crippen molar-refractivity contribution in [2.45, 2.75) is 65.6 Å². The van der Waals surface area contributed by atoms with E-state index >= 15 is 0 Å². The first-order chi connectivity index (χ1) is 9.90. The Labute approximate surface area is 131 Å². The first-order valence-corrected chi connectivity index (χ1v) is 8.49. The van der Waals surface area contributed by atoms with Crippen LogP contribution in [-0.4, -0.2) is 41.5 Å². The van der Waals surface area contributed by atoms with Crippen LogP contribution in [0.15, 0.2) is 24.3 Å². The highest BCUT2D eigenvalue weighted by atomic mass is 15.3. The minimum absolute atomic E-state index is 0.514. The molecular weight excluding hydrogens is 256 g/mol. The van der Waals surface area contributed by atoms with Crippen molar-refractivity contribution >= 4 is 0 Å². The average molecular weight is 288 g/mol. The molecule has 1 aromatic rings. The normalized spacial score (nSPS) is 23.0. The number of hydrogen-bond acceptors (Lipinski definition) is 2. The molecule has 2 heteroatoms. The largest absolute Gasteiger partial charge is 0.296 e. The number of nitrogens with zero attached hydrogens (tertiary/aromatic N) is 2. The maximum absolute atomic E-state index is 2.64. The molecule has 0 N–H and O–H groups in total. The first-order valence-electron chi connectivity index (χ1n) is 8.49. The molecule has 1 saturated heterocycles. The van der Waals surface area contributed by atoms with Gasteiger partial charge in [-0.1, -0.05) is 38.1 Å². The van der Waals surface area contributed by atoms with E-state index in [4.69, 9.17) is 0 Å². The second-order valence-electron chi connectivity index (χ2n) is 7.18. The van der Waals surface area contributed by atoms with Crippen molar-refractivity contribution in [2.24, 2.45) is 0 Å². The van der Waals surface area contributed by atoms with E-state index in [1.807, 2.05) is 0 Å². The number of hydrogen-bond donors (Lipinski definition) is 0. The van der Waals surface area contributed by atoms with Gasteiger partial charge in [0.1, 0.15) is 0 Å². The van der Waals surface area contributed by atoms with E-state index < -0.39 is 0 Å². The van der Waals surface area contributed by atoms with Gasteiger partial charge in [0.15, 0.2) is 0 Å². The highest BCUT2D eigenvalue weighted by Crippen LogP contribution is 2.26. The Balaban J connectivity index is 2.07. The minimum atomic E-state index is 0.514. The third kappa shape index (κ3) is 3.87. The molecular formula is C19H32N2. The highest BCUT2D eigenvalue weighted by Gasteiger charge is 2.28. The fraction of sp³-hybridized carbons (Fsp3) is 0.684. The molecule has 2 nitrogen and oxygen atoms in total. The fourth-order valence-corrected chi connectivity index (χ4v) is 3.51. The third-order valence-corrected chi connectivity index (χ3v) is 4.98. The molecule has 1 aliphatic heterocycles. The van der Waals surface area contributed by atoms with E-state index in [0.717, 1.165) is 0 Å². The molecule has 0 bridgehead atoms. The molecule has 0 aromatic heterocycles. The van der Waals surface area contributed by atoms with Gasteiger partial charge < -0.3 is 0 Å². The van der Waals surface area contributed by atoms with Gasteiger partial charge in [-0.05, 0) is 44.7 Å². The maximum atomic E-state index is 2.64. The zero-order valence-electron chi connectivity index (χ0n) is 14.6. The summed E-state index contributed by atoms with van der Waals surface area (Å²) in [7, 11) is 0. The van der Waals surface area contributed by atoms with Crippen LogP contribution in [0.5, 0.6) is 0 Å². The first kappa shape index (κ1) is 16.5. The second kappa shape index (κ2) is 6.93. The third-order valence-electron chi connectivity index (χ3n) is 4.98. The van der Waals surface area contributed by atoms with Crippen LogP contribution >= 0.6 is 0 Å². The summed E-state index contributed by atoms with van der Waals surface area (Å²) < 4.78 is 0. The summed E-state index contributed by atoms with van der Waals surface area (Å²) in [6.45, 7) is 17.4. The molecule has 118 valence electrons. The quantitative estimate of drug-likeness (QED) is 0.815. The molecule has 0 radical (unpaired) electrons. The Bertz CT molecular complexity index is 453. The van der Waals surface area contributed by atoms with Gasteiger partial charge in [-0.3, -0.25) is 9.80 Å². The second-order valence-corrected chi connectivity index (χ2v) is 7.18. The van der Waals surface area contributed by atoms with Crippen molar-refractivity contribution in [2.75, 3.05) is 19.6 Å². The standard InChI is InChI=1S/C19H32N2/c1-14(2)18-8-7-9-19(12-18)17(6)20-10-11-21(15(3)4)16(5)13-20/h7-9,12,14-17H,10-11,13H2,1-6H3/t16-,17+/m1/s1. The molecule has 0 amide bonds. The monoisotopic (exact) mass is 288 g/mol. The molecule has 1 fully saturated rings. The van der Waals surface area contributed by atoms with E-state index in [1.54, 1.807) is 0 Å². The fourth-order valence-electron chi connectivity index (χ4n) is 3.51. The lowest BCUT2D eigenvalue weighted by molar-refractivity contribution is 0.0404. The lowest BCUT2D eigenvalue weighted by Gasteiger charge is -2.44. The van der Waals surface area contributed by atoms with Crippen LogP contribution in [0.1, 0.15) is 64.6 Å². The molecule has 21 heavy (non-hydrogen) atoms. The van der Waals surface area contributed by atoms with Crippen molar-refractivity contribution in [3.8, 4) is 0 Å². The van der Waals surface area contributed by atoms with Crippen molar-refractivity contribution < 1.29 is 0 Å². The summed E-state index contributed by atoms with van der Waals surface area (Å²) in [5.41, 5.74) is 2.92. The molecule has 1 aromatic carbocycles.